The number of hydrogen-bond acceptors (Lipinski definition) is 6. The third kappa shape index (κ3) is 5.27. The molecule has 3 rings (SSSR count). The minimum Gasteiger partial charge on any atom is -0.449 e. The van der Waals surface area contributed by atoms with E-state index in [9.17, 15) is 24.4 Å². The first kappa shape index (κ1) is 22.9. The number of rotatable bonds is 7. The summed E-state index contributed by atoms with van der Waals surface area (Å²) in [4.78, 5) is 49.6. The van der Waals surface area contributed by atoms with E-state index in [1.807, 2.05) is 0 Å². The minimum atomic E-state index is -1.09. The van der Waals surface area contributed by atoms with Crippen LogP contribution in [0.4, 0.5) is 0 Å². The van der Waals surface area contributed by atoms with E-state index >= 15 is 0 Å². The molecule has 1 atom stereocenters. The highest BCUT2D eigenvalue weighted by molar-refractivity contribution is 6.49. The monoisotopic (exact) mass is 432 g/mol. The zero-order chi connectivity index (χ0) is 23.1. The van der Waals surface area contributed by atoms with E-state index in [1.54, 1.807) is 30.3 Å². The molecule has 7 nitrogen and oxygen atoms in total. The second kappa shape index (κ2) is 10.0. The topological polar surface area (TPSA) is 113 Å². The van der Waals surface area contributed by atoms with Crippen LogP contribution in [0.15, 0.2) is 54.6 Å². The summed E-state index contributed by atoms with van der Waals surface area (Å²) in [6.07, 6.45) is 2.81. The average Bonchev–Trinajstić information content (AvgIpc) is 2.84. The molecule has 0 aromatic heterocycles. The number of Topliss-reactive ketones (excluding diaryl/α,β-unsaturated/α-hetero) is 2. The van der Waals surface area contributed by atoms with Crippen LogP contribution in [-0.4, -0.2) is 35.1 Å². The molecule has 32 heavy (non-hydrogen) atoms. The normalized spacial score (nSPS) is 15.6. The summed E-state index contributed by atoms with van der Waals surface area (Å²) in [5.74, 6) is -2.59. The third-order valence-corrected chi connectivity index (χ3v) is 5.56. The fourth-order valence-corrected chi connectivity index (χ4v) is 3.65. The van der Waals surface area contributed by atoms with Crippen LogP contribution in [0.1, 0.15) is 70.1 Å². The van der Waals surface area contributed by atoms with Crippen LogP contribution in [-0.2, 0) is 9.53 Å². The van der Waals surface area contributed by atoms with Crippen LogP contribution in [0.3, 0.4) is 0 Å². The van der Waals surface area contributed by atoms with Crippen molar-refractivity contribution in [3.63, 3.8) is 0 Å². The Morgan fingerprint density at radius 1 is 0.875 bits per heavy atom. The molecule has 0 saturated heterocycles. The van der Waals surface area contributed by atoms with Gasteiger partial charge < -0.3 is 10.1 Å². The second-order valence-corrected chi connectivity index (χ2v) is 7.89. The number of ether oxygens (including phenoxy) is 1. The summed E-state index contributed by atoms with van der Waals surface area (Å²) in [5.41, 5.74) is -0.340. The maximum absolute atomic E-state index is 12.5. The molecule has 0 radical (unpaired) electrons. The van der Waals surface area contributed by atoms with Crippen LogP contribution in [0, 0.1) is 11.3 Å². The van der Waals surface area contributed by atoms with Crippen molar-refractivity contribution in [3.8, 4) is 6.07 Å². The van der Waals surface area contributed by atoms with Gasteiger partial charge in [0.25, 0.3) is 5.91 Å². The van der Waals surface area contributed by atoms with E-state index in [-0.39, 0.29) is 16.7 Å². The number of nitrogens with one attached hydrogen (secondary N) is 1. The van der Waals surface area contributed by atoms with Crippen LogP contribution >= 0.6 is 0 Å². The Balaban J connectivity index is 1.60. The van der Waals surface area contributed by atoms with Gasteiger partial charge in [-0.1, -0.05) is 61.7 Å². The molecule has 1 saturated carbocycles. The highest BCUT2D eigenvalue weighted by atomic mass is 16.5. The fraction of sp³-hybridized carbons (Fsp3) is 0.320. The van der Waals surface area contributed by atoms with E-state index in [0.717, 1.165) is 19.3 Å². The van der Waals surface area contributed by atoms with Crippen LogP contribution in [0.25, 0.3) is 0 Å². The van der Waals surface area contributed by atoms with E-state index in [4.69, 9.17) is 4.74 Å². The smallest absolute Gasteiger partial charge is 0.338 e. The van der Waals surface area contributed by atoms with Gasteiger partial charge in [0.15, 0.2) is 6.10 Å². The molecule has 0 unspecified atom stereocenters. The van der Waals surface area contributed by atoms with Crippen molar-refractivity contribution in [1.82, 2.24) is 5.32 Å². The van der Waals surface area contributed by atoms with Gasteiger partial charge in [-0.25, -0.2) is 4.79 Å². The first-order valence-electron chi connectivity index (χ1n) is 10.5. The van der Waals surface area contributed by atoms with Crippen molar-refractivity contribution in [2.75, 3.05) is 0 Å². The van der Waals surface area contributed by atoms with Gasteiger partial charge in [0.05, 0.1) is 11.6 Å². The molecular weight excluding hydrogens is 408 g/mol. The summed E-state index contributed by atoms with van der Waals surface area (Å²) < 4.78 is 5.23. The summed E-state index contributed by atoms with van der Waals surface area (Å²) >= 11 is 0. The lowest BCUT2D eigenvalue weighted by atomic mass is 9.83. The molecule has 0 heterocycles. The predicted octanol–water partition coefficient (Wildman–Crippen LogP) is 3.64. The Morgan fingerprint density at radius 3 is 1.97 bits per heavy atom. The number of esters is 1. The summed E-state index contributed by atoms with van der Waals surface area (Å²) in [6.45, 7) is 1.44. The van der Waals surface area contributed by atoms with Crippen molar-refractivity contribution in [3.05, 3.63) is 71.3 Å². The van der Waals surface area contributed by atoms with Gasteiger partial charge >= 0.3 is 5.97 Å². The van der Waals surface area contributed by atoms with Gasteiger partial charge in [0.1, 0.15) is 5.54 Å². The Labute approximate surface area is 186 Å². The Hall–Kier alpha value is -3.79. The lowest BCUT2D eigenvalue weighted by Crippen LogP contribution is -2.52. The maximum Gasteiger partial charge on any atom is 0.338 e. The number of amides is 1. The molecule has 1 aliphatic carbocycles. The largest absolute Gasteiger partial charge is 0.449 e. The first-order chi connectivity index (χ1) is 15.3. The summed E-state index contributed by atoms with van der Waals surface area (Å²) in [6, 6.07) is 15.9. The molecule has 1 fully saturated rings. The lowest BCUT2D eigenvalue weighted by molar-refractivity contribution is -0.130. The number of benzene rings is 2. The van der Waals surface area contributed by atoms with Crippen molar-refractivity contribution < 1.29 is 23.9 Å². The van der Waals surface area contributed by atoms with Gasteiger partial charge in [-0.05, 0) is 31.9 Å². The van der Waals surface area contributed by atoms with Crippen molar-refractivity contribution in [2.45, 2.75) is 50.7 Å². The average molecular weight is 432 g/mol. The molecule has 1 aliphatic rings. The Bertz CT molecular complexity index is 1050. The molecule has 0 aliphatic heterocycles. The van der Waals surface area contributed by atoms with Gasteiger partial charge in [-0.15, -0.1) is 0 Å². The van der Waals surface area contributed by atoms with E-state index < -0.39 is 35.1 Å². The van der Waals surface area contributed by atoms with E-state index in [1.165, 1.54) is 31.2 Å². The zero-order valence-electron chi connectivity index (χ0n) is 17.8. The van der Waals surface area contributed by atoms with E-state index in [0.29, 0.717) is 12.8 Å². The van der Waals surface area contributed by atoms with Gasteiger partial charge in [0, 0.05) is 11.1 Å². The number of nitriles is 1. The van der Waals surface area contributed by atoms with Gasteiger partial charge in [0.2, 0.25) is 11.6 Å². The number of ketones is 2. The molecular formula is C25H24N2O5. The SMILES string of the molecule is C[C@H](OC(=O)c1ccc(C(=O)C(=O)c2ccccc2)cc1)C(=O)NC1(C#N)CCCCC1. The first-order valence-corrected chi connectivity index (χ1v) is 10.5. The second-order valence-electron chi connectivity index (χ2n) is 7.89. The molecule has 1 N–H and O–H groups in total. The number of carbonyl (C=O) groups excluding carboxylic acids is 4. The minimum absolute atomic E-state index is 0.140. The molecule has 7 heteroatoms. The Kier molecular flexibility index (Phi) is 7.16. The maximum atomic E-state index is 12.5. The van der Waals surface area contributed by atoms with Crippen LogP contribution in [0.5, 0.6) is 0 Å². The standard InChI is InChI=1S/C25H24N2O5/c1-17(23(30)27-25(16-26)14-6-3-7-15-25)32-24(31)20-12-10-19(11-13-20)22(29)21(28)18-8-4-2-5-9-18/h2,4-5,8-13,17H,3,6-7,14-15H2,1H3,(H,27,30)/t17-/m0/s1. The van der Waals surface area contributed by atoms with Crippen molar-refractivity contribution in [2.24, 2.45) is 0 Å². The van der Waals surface area contributed by atoms with E-state index in [2.05, 4.69) is 11.4 Å². The summed E-state index contributed by atoms with van der Waals surface area (Å²) in [7, 11) is 0. The quantitative estimate of drug-likeness (QED) is 0.406. The molecule has 164 valence electrons. The Morgan fingerprint density at radius 2 is 1.41 bits per heavy atom. The lowest BCUT2D eigenvalue weighted by Gasteiger charge is -2.32. The van der Waals surface area contributed by atoms with Gasteiger partial charge in [-0.2, -0.15) is 5.26 Å². The zero-order valence-corrected chi connectivity index (χ0v) is 17.8. The number of carbonyl (C=O) groups is 4. The highest BCUT2D eigenvalue weighted by Crippen LogP contribution is 2.27. The fourth-order valence-electron chi connectivity index (χ4n) is 3.65. The summed E-state index contributed by atoms with van der Waals surface area (Å²) in [5, 5.41) is 12.2. The molecule has 2 aromatic carbocycles. The molecule has 0 spiro atoms. The van der Waals surface area contributed by atoms with Crippen molar-refractivity contribution in [1.29, 1.82) is 5.26 Å². The predicted molar refractivity (Wildman–Crippen MR) is 116 cm³/mol. The van der Waals surface area contributed by atoms with Crippen LogP contribution < -0.4 is 5.32 Å². The van der Waals surface area contributed by atoms with Crippen LogP contribution in [0.2, 0.25) is 0 Å². The number of nitrogens with zero attached hydrogens (tertiary/aromatic N) is 1. The molecule has 2 aromatic rings. The van der Waals surface area contributed by atoms with Crippen molar-refractivity contribution >= 4 is 23.4 Å². The number of hydrogen-bond donors (Lipinski definition) is 1. The molecule has 0 bridgehead atoms. The molecule has 1 amide bonds. The highest BCUT2D eigenvalue weighted by Gasteiger charge is 2.35. The van der Waals surface area contributed by atoms with Gasteiger partial charge in [-0.3, -0.25) is 14.4 Å². The third-order valence-electron chi connectivity index (χ3n) is 5.56.